The molecule has 5 heteroatoms. The molecule has 0 fully saturated rings. The van der Waals surface area contributed by atoms with Gasteiger partial charge in [-0.15, -0.1) is 0 Å². The van der Waals surface area contributed by atoms with Crippen molar-refractivity contribution >= 4 is 5.78 Å². The molecule has 17 heavy (non-hydrogen) atoms. The van der Waals surface area contributed by atoms with E-state index in [-0.39, 0.29) is 23.1 Å². The van der Waals surface area contributed by atoms with E-state index in [1.807, 2.05) is 6.92 Å². The SMILES string of the molecule is CCc1ccc(C(=O)c2nccnc2OC)o1. The van der Waals surface area contributed by atoms with Gasteiger partial charge in [0.05, 0.1) is 7.11 Å². The zero-order chi connectivity index (χ0) is 12.3. The van der Waals surface area contributed by atoms with Crippen LogP contribution in [0.1, 0.15) is 28.9 Å². The first kappa shape index (κ1) is 11.3. The summed E-state index contributed by atoms with van der Waals surface area (Å²) in [6.45, 7) is 1.95. The Labute approximate surface area is 98.5 Å². The molecular formula is C12H12N2O3. The molecule has 0 unspecified atom stereocenters. The van der Waals surface area contributed by atoms with Gasteiger partial charge >= 0.3 is 0 Å². The molecule has 2 aromatic rings. The van der Waals surface area contributed by atoms with E-state index in [2.05, 4.69) is 9.97 Å². The number of hydrogen-bond acceptors (Lipinski definition) is 5. The van der Waals surface area contributed by atoms with Crippen LogP contribution in [0.4, 0.5) is 0 Å². The lowest BCUT2D eigenvalue weighted by molar-refractivity contribution is 0.0998. The van der Waals surface area contributed by atoms with Gasteiger partial charge in [0.15, 0.2) is 11.5 Å². The fraction of sp³-hybridized carbons (Fsp3) is 0.250. The average molecular weight is 232 g/mol. The van der Waals surface area contributed by atoms with E-state index in [0.717, 1.165) is 12.2 Å². The van der Waals surface area contributed by atoms with E-state index in [1.165, 1.54) is 19.5 Å². The summed E-state index contributed by atoms with van der Waals surface area (Å²) in [5.74, 6) is 0.887. The van der Waals surface area contributed by atoms with Crippen molar-refractivity contribution in [3.8, 4) is 5.88 Å². The van der Waals surface area contributed by atoms with Gasteiger partial charge in [0, 0.05) is 18.8 Å². The van der Waals surface area contributed by atoms with E-state index >= 15 is 0 Å². The third kappa shape index (κ3) is 2.18. The number of hydrogen-bond donors (Lipinski definition) is 0. The molecule has 0 aliphatic rings. The number of carbonyl (C=O) groups is 1. The van der Waals surface area contributed by atoms with E-state index in [1.54, 1.807) is 12.1 Å². The minimum absolute atomic E-state index is 0.159. The molecule has 0 aliphatic carbocycles. The van der Waals surface area contributed by atoms with Gasteiger partial charge in [-0.2, -0.15) is 0 Å². The normalized spacial score (nSPS) is 10.2. The molecule has 0 aliphatic heterocycles. The van der Waals surface area contributed by atoms with Gasteiger partial charge in [0.25, 0.3) is 5.78 Å². The molecule has 0 amide bonds. The summed E-state index contributed by atoms with van der Waals surface area (Å²) < 4.78 is 10.4. The van der Waals surface area contributed by atoms with Gasteiger partial charge in [-0.25, -0.2) is 9.97 Å². The maximum atomic E-state index is 12.1. The zero-order valence-corrected chi connectivity index (χ0v) is 9.64. The zero-order valence-electron chi connectivity index (χ0n) is 9.64. The minimum Gasteiger partial charge on any atom is -0.479 e. The van der Waals surface area contributed by atoms with Crippen LogP contribution in [0.2, 0.25) is 0 Å². The van der Waals surface area contributed by atoms with Crippen molar-refractivity contribution in [1.29, 1.82) is 0 Å². The summed E-state index contributed by atoms with van der Waals surface area (Å²) in [6.07, 6.45) is 3.65. The predicted octanol–water partition coefficient (Wildman–Crippen LogP) is 1.87. The predicted molar refractivity (Wildman–Crippen MR) is 60.1 cm³/mol. The summed E-state index contributed by atoms with van der Waals surface area (Å²) in [6, 6.07) is 3.41. The number of methoxy groups -OCH3 is 1. The van der Waals surface area contributed by atoms with Crippen LogP contribution < -0.4 is 4.74 Å². The fourth-order valence-corrected chi connectivity index (χ4v) is 1.44. The number of aryl methyl sites for hydroxylation is 1. The summed E-state index contributed by atoms with van der Waals surface area (Å²) in [7, 11) is 1.44. The number of rotatable bonds is 4. The topological polar surface area (TPSA) is 65.2 Å². The highest BCUT2D eigenvalue weighted by atomic mass is 16.5. The highest BCUT2D eigenvalue weighted by Crippen LogP contribution is 2.18. The molecular weight excluding hydrogens is 220 g/mol. The summed E-state index contributed by atoms with van der Waals surface area (Å²) in [5, 5.41) is 0. The van der Waals surface area contributed by atoms with Gasteiger partial charge in [0.2, 0.25) is 5.88 Å². The van der Waals surface area contributed by atoms with Crippen molar-refractivity contribution in [2.24, 2.45) is 0 Å². The number of furan rings is 1. The van der Waals surface area contributed by atoms with E-state index in [4.69, 9.17) is 9.15 Å². The van der Waals surface area contributed by atoms with Gasteiger partial charge in [0.1, 0.15) is 5.76 Å². The number of ketones is 1. The van der Waals surface area contributed by atoms with E-state index in [0.29, 0.717) is 0 Å². The van der Waals surface area contributed by atoms with Crippen LogP contribution in [-0.2, 0) is 6.42 Å². The van der Waals surface area contributed by atoms with Gasteiger partial charge in [-0.05, 0) is 12.1 Å². The lowest BCUT2D eigenvalue weighted by atomic mass is 10.2. The number of aromatic nitrogens is 2. The largest absolute Gasteiger partial charge is 0.479 e. The molecule has 0 saturated heterocycles. The molecule has 0 spiro atoms. The number of ether oxygens (including phenoxy) is 1. The Morgan fingerprint density at radius 1 is 1.35 bits per heavy atom. The first-order valence-electron chi connectivity index (χ1n) is 5.24. The maximum absolute atomic E-state index is 12.1. The second-order valence-electron chi connectivity index (χ2n) is 3.36. The molecule has 2 rings (SSSR count). The van der Waals surface area contributed by atoms with Crippen LogP contribution in [0.5, 0.6) is 5.88 Å². The van der Waals surface area contributed by atoms with Gasteiger partial charge < -0.3 is 9.15 Å². The van der Waals surface area contributed by atoms with Crippen molar-refractivity contribution < 1.29 is 13.9 Å². The minimum atomic E-state index is -0.324. The van der Waals surface area contributed by atoms with Crippen LogP contribution in [0.3, 0.4) is 0 Å². The highest BCUT2D eigenvalue weighted by molar-refractivity contribution is 6.07. The van der Waals surface area contributed by atoms with Crippen LogP contribution in [0.15, 0.2) is 28.9 Å². The second kappa shape index (κ2) is 4.78. The van der Waals surface area contributed by atoms with Crippen LogP contribution in [0.25, 0.3) is 0 Å². The first-order chi connectivity index (χ1) is 8.26. The van der Waals surface area contributed by atoms with Crippen LogP contribution >= 0.6 is 0 Å². The second-order valence-corrected chi connectivity index (χ2v) is 3.36. The monoisotopic (exact) mass is 232 g/mol. The molecule has 0 atom stereocenters. The van der Waals surface area contributed by atoms with Crippen molar-refractivity contribution in [1.82, 2.24) is 9.97 Å². The van der Waals surface area contributed by atoms with Gasteiger partial charge in [-0.1, -0.05) is 6.92 Å². The Morgan fingerprint density at radius 2 is 2.12 bits per heavy atom. The molecule has 0 saturated carbocycles. The Hall–Kier alpha value is -2.17. The standard InChI is InChI=1S/C12H12N2O3/c1-3-8-4-5-9(17-8)11(15)10-12(16-2)14-7-6-13-10/h4-7H,3H2,1-2H3. The highest BCUT2D eigenvalue weighted by Gasteiger charge is 2.19. The third-order valence-corrected chi connectivity index (χ3v) is 2.31. The Balaban J connectivity index is 2.36. The molecule has 2 aromatic heterocycles. The number of carbonyl (C=O) groups excluding carboxylic acids is 1. The summed E-state index contributed by atoms with van der Waals surface area (Å²) in [5.41, 5.74) is 0.159. The first-order valence-corrected chi connectivity index (χ1v) is 5.24. The Kier molecular flexibility index (Phi) is 3.18. The Morgan fingerprint density at radius 3 is 2.76 bits per heavy atom. The quantitative estimate of drug-likeness (QED) is 0.753. The lowest BCUT2D eigenvalue weighted by Gasteiger charge is -2.02. The molecule has 2 heterocycles. The number of nitrogens with zero attached hydrogens (tertiary/aromatic N) is 2. The molecule has 88 valence electrons. The third-order valence-electron chi connectivity index (χ3n) is 2.31. The molecule has 0 radical (unpaired) electrons. The van der Waals surface area contributed by atoms with Gasteiger partial charge in [-0.3, -0.25) is 4.79 Å². The lowest BCUT2D eigenvalue weighted by Crippen LogP contribution is -2.06. The molecule has 0 N–H and O–H groups in total. The smallest absolute Gasteiger partial charge is 0.252 e. The van der Waals surface area contributed by atoms with E-state index in [9.17, 15) is 4.79 Å². The summed E-state index contributed by atoms with van der Waals surface area (Å²) in [4.78, 5) is 20.0. The molecule has 0 bridgehead atoms. The van der Waals surface area contributed by atoms with Crippen LogP contribution in [0, 0.1) is 0 Å². The fourth-order valence-electron chi connectivity index (χ4n) is 1.44. The average Bonchev–Trinajstić information content (AvgIpc) is 2.86. The van der Waals surface area contributed by atoms with Crippen molar-refractivity contribution in [2.45, 2.75) is 13.3 Å². The van der Waals surface area contributed by atoms with Crippen LogP contribution in [-0.4, -0.2) is 22.9 Å². The van der Waals surface area contributed by atoms with Crippen molar-refractivity contribution in [2.75, 3.05) is 7.11 Å². The van der Waals surface area contributed by atoms with Crippen molar-refractivity contribution in [3.05, 3.63) is 41.7 Å². The Bertz CT molecular complexity index is 534. The van der Waals surface area contributed by atoms with E-state index < -0.39 is 0 Å². The maximum Gasteiger partial charge on any atom is 0.252 e. The summed E-state index contributed by atoms with van der Waals surface area (Å²) >= 11 is 0. The molecule has 0 aromatic carbocycles. The molecule has 5 nitrogen and oxygen atoms in total. The van der Waals surface area contributed by atoms with Crippen molar-refractivity contribution in [3.63, 3.8) is 0 Å².